The van der Waals surface area contributed by atoms with Gasteiger partial charge in [0.15, 0.2) is 0 Å². The van der Waals surface area contributed by atoms with Crippen molar-refractivity contribution in [3.8, 4) is 0 Å². The number of aromatic amines is 1. The second-order valence-corrected chi connectivity index (χ2v) is 2.73. The van der Waals surface area contributed by atoms with Crippen LogP contribution in [0, 0.1) is 6.92 Å². The third-order valence-corrected chi connectivity index (χ3v) is 1.56. The molecule has 1 aromatic rings. The van der Waals surface area contributed by atoms with Gasteiger partial charge in [-0.25, -0.2) is 9.88 Å². The van der Waals surface area contributed by atoms with E-state index in [2.05, 4.69) is 9.97 Å². The van der Waals surface area contributed by atoms with Gasteiger partial charge in [-0.1, -0.05) is 0 Å². The number of imidazole rings is 1. The Labute approximate surface area is 75.8 Å². The largest absolute Gasteiger partial charge is 0.328 e. The van der Waals surface area contributed by atoms with Gasteiger partial charge in [-0.3, -0.25) is 9.59 Å². The molecule has 1 heterocycles. The maximum absolute atomic E-state index is 11.1. The Morgan fingerprint density at radius 2 is 1.92 bits per heavy atom. The van der Waals surface area contributed by atoms with E-state index in [1.165, 1.54) is 20.0 Å². The van der Waals surface area contributed by atoms with Gasteiger partial charge in [-0.05, 0) is 6.92 Å². The number of aromatic nitrogens is 2. The SMILES string of the molecule is CC(=O)N(C(C)=O)c1cnc(C)[nH]1. The molecule has 1 aromatic heterocycles. The van der Waals surface area contributed by atoms with Crippen molar-refractivity contribution in [2.75, 3.05) is 4.90 Å². The topological polar surface area (TPSA) is 66.1 Å². The van der Waals surface area contributed by atoms with E-state index < -0.39 is 0 Å². The van der Waals surface area contributed by atoms with Gasteiger partial charge >= 0.3 is 0 Å². The second-order valence-electron chi connectivity index (χ2n) is 2.73. The minimum atomic E-state index is -0.323. The zero-order chi connectivity index (χ0) is 10.0. The zero-order valence-corrected chi connectivity index (χ0v) is 7.79. The number of aryl methyl sites for hydroxylation is 1. The number of H-pyrrole nitrogens is 1. The van der Waals surface area contributed by atoms with Crippen LogP contribution in [0.1, 0.15) is 19.7 Å². The van der Waals surface area contributed by atoms with Crippen LogP contribution in [0.3, 0.4) is 0 Å². The van der Waals surface area contributed by atoms with Gasteiger partial charge in [0.1, 0.15) is 11.6 Å². The molecule has 1 rings (SSSR count). The minimum absolute atomic E-state index is 0.323. The number of rotatable bonds is 1. The molecule has 2 amide bonds. The number of hydrogen-bond donors (Lipinski definition) is 1. The van der Waals surface area contributed by atoms with Gasteiger partial charge in [0.05, 0.1) is 6.20 Å². The molecule has 0 aliphatic heterocycles. The summed E-state index contributed by atoms with van der Waals surface area (Å²) in [5, 5.41) is 0. The minimum Gasteiger partial charge on any atom is -0.328 e. The fourth-order valence-corrected chi connectivity index (χ4v) is 1.08. The van der Waals surface area contributed by atoms with Gasteiger partial charge in [0.25, 0.3) is 0 Å². The highest BCUT2D eigenvalue weighted by Crippen LogP contribution is 2.10. The average Bonchev–Trinajstić information content (AvgIpc) is 2.34. The van der Waals surface area contributed by atoms with Crippen molar-refractivity contribution in [3.05, 3.63) is 12.0 Å². The van der Waals surface area contributed by atoms with Crippen LogP contribution in [0.4, 0.5) is 5.82 Å². The summed E-state index contributed by atoms with van der Waals surface area (Å²) in [6.07, 6.45) is 1.46. The predicted octanol–water partition coefficient (Wildman–Crippen LogP) is 0.618. The van der Waals surface area contributed by atoms with Crippen LogP contribution in [0.2, 0.25) is 0 Å². The molecule has 5 heteroatoms. The summed E-state index contributed by atoms with van der Waals surface area (Å²) in [6, 6.07) is 0. The molecule has 0 aliphatic rings. The van der Waals surface area contributed by atoms with Crippen LogP contribution < -0.4 is 4.90 Å². The quantitative estimate of drug-likeness (QED) is 0.690. The molecule has 0 aliphatic carbocycles. The Hall–Kier alpha value is -1.65. The van der Waals surface area contributed by atoms with Crippen LogP contribution in [-0.4, -0.2) is 21.8 Å². The van der Waals surface area contributed by atoms with E-state index in [4.69, 9.17) is 0 Å². The fraction of sp³-hybridized carbons (Fsp3) is 0.375. The number of carbonyl (C=O) groups is 2. The van der Waals surface area contributed by atoms with E-state index in [-0.39, 0.29) is 11.8 Å². The number of nitrogens with one attached hydrogen (secondary N) is 1. The van der Waals surface area contributed by atoms with Gasteiger partial charge in [0.2, 0.25) is 11.8 Å². The Kier molecular flexibility index (Phi) is 2.46. The highest BCUT2D eigenvalue weighted by Gasteiger charge is 2.17. The molecule has 0 spiro atoms. The summed E-state index contributed by atoms with van der Waals surface area (Å²) in [5.74, 6) is 0.437. The van der Waals surface area contributed by atoms with Crippen molar-refractivity contribution in [1.29, 1.82) is 0 Å². The molecule has 1 N–H and O–H groups in total. The van der Waals surface area contributed by atoms with Crippen LogP contribution in [0.25, 0.3) is 0 Å². The van der Waals surface area contributed by atoms with E-state index in [1.54, 1.807) is 6.92 Å². The summed E-state index contributed by atoms with van der Waals surface area (Å²) < 4.78 is 0. The first-order chi connectivity index (χ1) is 6.02. The summed E-state index contributed by atoms with van der Waals surface area (Å²) in [6.45, 7) is 4.41. The second kappa shape index (κ2) is 3.38. The lowest BCUT2D eigenvalue weighted by molar-refractivity contribution is -0.124. The van der Waals surface area contributed by atoms with Gasteiger partial charge < -0.3 is 4.98 Å². The summed E-state index contributed by atoms with van der Waals surface area (Å²) in [7, 11) is 0. The maximum Gasteiger partial charge on any atom is 0.231 e. The summed E-state index contributed by atoms with van der Waals surface area (Å²) in [5.41, 5.74) is 0. The Balaban J connectivity index is 3.02. The summed E-state index contributed by atoms with van der Waals surface area (Å²) >= 11 is 0. The molecular weight excluding hydrogens is 170 g/mol. The summed E-state index contributed by atoms with van der Waals surface area (Å²) in [4.78, 5) is 29.9. The van der Waals surface area contributed by atoms with Crippen molar-refractivity contribution in [1.82, 2.24) is 9.97 Å². The van der Waals surface area contributed by atoms with E-state index in [0.29, 0.717) is 11.6 Å². The highest BCUT2D eigenvalue weighted by atomic mass is 16.2. The first-order valence-corrected chi connectivity index (χ1v) is 3.85. The molecular formula is C8H11N3O2. The first-order valence-electron chi connectivity index (χ1n) is 3.85. The van der Waals surface area contributed by atoms with Crippen LogP contribution >= 0.6 is 0 Å². The fourth-order valence-electron chi connectivity index (χ4n) is 1.08. The lowest BCUT2D eigenvalue weighted by Crippen LogP contribution is -2.33. The Bertz CT molecular complexity index is 329. The molecule has 13 heavy (non-hydrogen) atoms. The molecule has 70 valence electrons. The van der Waals surface area contributed by atoms with Crippen LogP contribution in [0.5, 0.6) is 0 Å². The monoisotopic (exact) mass is 181 g/mol. The van der Waals surface area contributed by atoms with Crippen molar-refractivity contribution in [3.63, 3.8) is 0 Å². The molecule has 0 bridgehead atoms. The Morgan fingerprint density at radius 3 is 2.23 bits per heavy atom. The van der Waals surface area contributed by atoms with E-state index in [0.717, 1.165) is 4.90 Å². The van der Waals surface area contributed by atoms with E-state index >= 15 is 0 Å². The molecule has 0 aromatic carbocycles. The van der Waals surface area contributed by atoms with Crippen molar-refractivity contribution in [2.24, 2.45) is 0 Å². The number of carbonyl (C=O) groups excluding carboxylic acids is 2. The van der Waals surface area contributed by atoms with Crippen molar-refractivity contribution in [2.45, 2.75) is 20.8 Å². The van der Waals surface area contributed by atoms with Crippen molar-refractivity contribution >= 4 is 17.6 Å². The van der Waals surface area contributed by atoms with Gasteiger partial charge in [0, 0.05) is 13.8 Å². The zero-order valence-electron chi connectivity index (χ0n) is 7.79. The third kappa shape index (κ3) is 1.93. The molecule has 0 radical (unpaired) electrons. The van der Waals surface area contributed by atoms with Gasteiger partial charge in [-0.15, -0.1) is 0 Å². The number of anilines is 1. The standard InChI is InChI=1S/C8H11N3O2/c1-5-9-4-8(10-5)11(6(2)12)7(3)13/h4H,1-3H3,(H,9,10). The molecule has 0 fully saturated rings. The first kappa shape index (κ1) is 9.44. The number of imide groups is 1. The average molecular weight is 181 g/mol. The molecule has 0 saturated heterocycles. The molecule has 0 unspecified atom stereocenters. The lowest BCUT2D eigenvalue weighted by atomic mass is 10.5. The highest BCUT2D eigenvalue weighted by molar-refractivity contribution is 6.12. The maximum atomic E-state index is 11.1. The van der Waals surface area contributed by atoms with Gasteiger partial charge in [-0.2, -0.15) is 0 Å². The smallest absolute Gasteiger partial charge is 0.231 e. The third-order valence-electron chi connectivity index (χ3n) is 1.56. The number of hydrogen-bond acceptors (Lipinski definition) is 3. The van der Waals surface area contributed by atoms with Crippen LogP contribution in [-0.2, 0) is 9.59 Å². The molecule has 0 atom stereocenters. The lowest BCUT2D eigenvalue weighted by Gasteiger charge is -2.13. The van der Waals surface area contributed by atoms with Crippen molar-refractivity contribution < 1.29 is 9.59 Å². The number of amides is 2. The number of nitrogens with zero attached hydrogens (tertiary/aromatic N) is 2. The predicted molar refractivity (Wildman–Crippen MR) is 47.2 cm³/mol. The molecule has 0 saturated carbocycles. The van der Waals surface area contributed by atoms with E-state index in [1.807, 2.05) is 0 Å². The van der Waals surface area contributed by atoms with Crippen LogP contribution in [0.15, 0.2) is 6.20 Å². The normalized spacial score (nSPS) is 9.77. The molecule has 5 nitrogen and oxygen atoms in total. The Morgan fingerprint density at radius 1 is 1.38 bits per heavy atom. The van der Waals surface area contributed by atoms with E-state index in [9.17, 15) is 9.59 Å².